The first kappa shape index (κ1) is 31.7. The molecule has 44 heavy (non-hydrogen) atoms. The number of nitrogens with zero attached hydrogens (tertiary/aromatic N) is 5. The predicted molar refractivity (Wildman–Crippen MR) is 157 cm³/mol. The predicted octanol–water partition coefficient (Wildman–Crippen LogP) is 0.770. The number of halogens is 1. The van der Waals surface area contributed by atoms with Crippen LogP contribution in [-0.4, -0.2) is 118 Å². The zero-order chi connectivity index (χ0) is 31.3. The van der Waals surface area contributed by atoms with Crippen molar-refractivity contribution < 1.29 is 41.8 Å². The summed E-state index contributed by atoms with van der Waals surface area (Å²) < 4.78 is 63.2. The van der Waals surface area contributed by atoms with E-state index in [0.717, 1.165) is 6.26 Å². The number of carbonyl (C=O) groups excluding carboxylic acids is 1. The Morgan fingerprint density at radius 2 is 1.95 bits per heavy atom. The molecule has 0 radical (unpaired) electrons. The van der Waals surface area contributed by atoms with Crippen LogP contribution in [0.2, 0.25) is 0 Å². The summed E-state index contributed by atoms with van der Waals surface area (Å²) >= 11 is 0. The molecule has 3 N–H and O–H groups in total. The van der Waals surface area contributed by atoms with Crippen LogP contribution in [0, 0.1) is 5.82 Å². The van der Waals surface area contributed by atoms with Gasteiger partial charge >= 0.3 is 0 Å². The monoisotopic (exact) mass is 635 g/mol. The number of anilines is 2. The van der Waals surface area contributed by atoms with Gasteiger partial charge in [0.1, 0.15) is 18.1 Å². The smallest absolute Gasteiger partial charge is 0.269 e. The molecule has 1 amide bonds. The molecule has 5 rings (SSSR count). The summed E-state index contributed by atoms with van der Waals surface area (Å²) in [5.41, 5.74) is 3.68. The lowest BCUT2D eigenvalue weighted by Crippen LogP contribution is -2.51. The van der Waals surface area contributed by atoms with Crippen molar-refractivity contribution in [3.05, 3.63) is 35.8 Å². The Morgan fingerprint density at radius 1 is 1.18 bits per heavy atom. The number of sulfonamides is 1. The summed E-state index contributed by atoms with van der Waals surface area (Å²) in [6.07, 6.45) is 2.47. The molecule has 3 aromatic rings. The first-order chi connectivity index (χ1) is 21.1. The van der Waals surface area contributed by atoms with Crippen LogP contribution in [0.4, 0.5) is 16.0 Å². The summed E-state index contributed by atoms with van der Waals surface area (Å²) in [5.74, 6) is -0.587. The molecule has 2 saturated heterocycles. The third-order valence-corrected chi connectivity index (χ3v) is 7.59. The Kier molecular flexibility index (Phi) is 10.0. The van der Waals surface area contributed by atoms with Crippen molar-refractivity contribution in [1.29, 1.82) is 0 Å². The first-order valence-electron chi connectivity index (χ1n) is 13.8. The molecule has 4 heterocycles. The van der Waals surface area contributed by atoms with E-state index in [1.807, 2.05) is 4.90 Å². The van der Waals surface area contributed by atoms with Crippen molar-refractivity contribution in [1.82, 2.24) is 25.3 Å². The molecule has 0 atom stereocenters. The van der Waals surface area contributed by atoms with Crippen molar-refractivity contribution in [2.75, 3.05) is 82.2 Å². The quantitative estimate of drug-likeness (QED) is 0.136. The van der Waals surface area contributed by atoms with E-state index in [0.29, 0.717) is 79.6 Å². The Labute approximate surface area is 253 Å². The molecule has 0 aliphatic carbocycles. The third kappa shape index (κ3) is 7.85. The van der Waals surface area contributed by atoms with Gasteiger partial charge in [-0.3, -0.25) is 19.6 Å². The van der Waals surface area contributed by atoms with Crippen LogP contribution in [0.1, 0.15) is 5.56 Å². The number of ether oxygens (including phenoxy) is 4. The highest BCUT2D eigenvalue weighted by molar-refractivity contribution is 7.92. The zero-order valence-corrected chi connectivity index (χ0v) is 25.1. The lowest BCUT2D eigenvalue weighted by Gasteiger charge is -2.39. The second-order valence-electron chi connectivity index (χ2n) is 10.4. The minimum atomic E-state index is -3.65. The maximum absolute atomic E-state index is 15.1. The van der Waals surface area contributed by atoms with Crippen LogP contribution >= 0.6 is 0 Å². The van der Waals surface area contributed by atoms with Crippen LogP contribution in [-0.2, 0) is 35.6 Å². The SMILES string of the molecule is COc1ncc(-c2nc(N3CCOCC3)nc3c(CN4CC(OCCOCC(=O)NO)C4)cc(F)cc23)cc1NS(C)(=O)=O. The van der Waals surface area contributed by atoms with Gasteiger partial charge in [0.05, 0.1) is 57.1 Å². The number of benzene rings is 1. The highest BCUT2D eigenvalue weighted by atomic mass is 32.2. The van der Waals surface area contributed by atoms with Crippen LogP contribution in [0.15, 0.2) is 24.4 Å². The van der Waals surface area contributed by atoms with Gasteiger partial charge in [0.2, 0.25) is 21.9 Å². The van der Waals surface area contributed by atoms with E-state index in [1.165, 1.54) is 30.9 Å². The summed E-state index contributed by atoms with van der Waals surface area (Å²) in [5, 5.41) is 8.95. The third-order valence-electron chi connectivity index (χ3n) is 7.00. The largest absolute Gasteiger partial charge is 0.480 e. The number of rotatable bonds is 13. The van der Waals surface area contributed by atoms with Gasteiger partial charge in [0.25, 0.3) is 5.91 Å². The maximum atomic E-state index is 15.1. The number of pyridine rings is 1. The van der Waals surface area contributed by atoms with Crippen molar-refractivity contribution in [3.8, 4) is 17.1 Å². The fourth-order valence-electron chi connectivity index (χ4n) is 4.98. The number of nitrogens with one attached hydrogen (secondary N) is 2. The fourth-order valence-corrected chi connectivity index (χ4v) is 5.53. The van der Waals surface area contributed by atoms with Crippen LogP contribution in [0.5, 0.6) is 5.88 Å². The lowest BCUT2D eigenvalue weighted by molar-refractivity contribution is -0.135. The van der Waals surface area contributed by atoms with E-state index in [2.05, 4.69) is 14.6 Å². The molecule has 0 spiro atoms. The van der Waals surface area contributed by atoms with E-state index in [-0.39, 0.29) is 37.5 Å². The van der Waals surface area contributed by atoms with Crippen molar-refractivity contribution in [2.24, 2.45) is 0 Å². The lowest BCUT2D eigenvalue weighted by atomic mass is 10.0. The molecule has 17 heteroatoms. The number of hydroxylamine groups is 1. The Morgan fingerprint density at radius 3 is 2.66 bits per heavy atom. The average Bonchev–Trinajstić information content (AvgIpc) is 2.98. The van der Waals surface area contributed by atoms with E-state index in [4.69, 9.17) is 34.1 Å². The van der Waals surface area contributed by atoms with Crippen molar-refractivity contribution in [2.45, 2.75) is 12.6 Å². The molecule has 1 aromatic carbocycles. The van der Waals surface area contributed by atoms with Crippen molar-refractivity contribution >= 4 is 38.5 Å². The average molecular weight is 636 g/mol. The minimum absolute atomic E-state index is 0.0506. The van der Waals surface area contributed by atoms with Gasteiger partial charge in [0, 0.05) is 49.9 Å². The highest BCUT2D eigenvalue weighted by Gasteiger charge is 2.29. The molecule has 0 unspecified atom stereocenters. The van der Waals surface area contributed by atoms with Gasteiger partial charge in [0.15, 0.2) is 0 Å². The van der Waals surface area contributed by atoms with Crippen LogP contribution < -0.4 is 19.8 Å². The topological polar surface area (TPSA) is 178 Å². The van der Waals surface area contributed by atoms with Gasteiger partial charge in [-0.1, -0.05) is 0 Å². The molecule has 0 bridgehead atoms. The number of morpholine rings is 1. The molecule has 2 aliphatic rings. The van der Waals surface area contributed by atoms with E-state index in [1.54, 1.807) is 6.07 Å². The summed E-state index contributed by atoms with van der Waals surface area (Å²) in [6, 6.07) is 4.38. The van der Waals surface area contributed by atoms with Gasteiger partial charge < -0.3 is 23.8 Å². The number of aromatic nitrogens is 3. The normalized spacial score (nSPS) is 16.1. The first-order valence-corrected chi connectivity index (χ1v) is 15.7. The molecular formula is C27H34FN7O8S. The number of amides is 1. The zero-order valence-electron chi connectivity index (χ0n) is 24.3. The highest BCUT2D eigenvalue weighted by Crippen LogP contribution is 2.35. The number of hydrogen-bond acceptors (Lipinski definition) is 13. The number of fused-ring (bicyclic) bond motifs is 1. The number of likely N-dealkylation sites (tertiary alicyclic amines) is 1. The van der Waals surface area contributed by atoms with Gasteiger partial charge in [-0.25, -0.2) is 33.2 Å². The minimum Gasteiger partial charge on any atom is -0.480 e. The molecule has 2 aromatic heterocycles. The molecular weight excluding hydrogens is 601 g/mol. The second-order valence-corrected chi connectivity index (χ2v) is 12.1. The van der Waals surface area contributed by atoms with E-state index in [9.17, 15) is 13.2 Å². The van der Waals surface area contributed by atoms with Crippen LogP contribution in [0.3, 0.4) is 0 Å². The van der Waals surface area contributed by atoms with Crippen LogP contribution in [0.25, 0.3) is 22.2 Å². The maximum Gasteiger partial charge on any atom is 0.269 e. The standard InChI is InChI=1S/C27H34FN7O8S/c1-40-26-22(33-44(2,38)39)10-17(12-29-26)24-21-11-19(28)9-18(25(21)31-27(30-24)35-3-5-41-6-4-35)13-34-14-20(15-34)43-8-7-42-16-23(36)32-37/h9-12,20,33,37H,3-8,13-16H2,1-2H3,(H,32,36). The summed E-state index contributed by atoms with van der Waals surface area (Å²) in [6.45, 7) is 3.99. The second kappa shape index (κ2) is 13.9. The number of hydrogen-bond donors (Lipinski definition) is 3. The Bertz CT molecular complexity index is 1600. The summed E-state index contributed by atoms with van der Waals surface area (Å²) in [4.78, 5) is 29.1. The van der Waals surface area contributed by atoms with E-state index < -0.39 is 21.7 Å². The Hall–Kier alpha value is -3.74. The van der Waals surface area contributed by atoms with E-state index >= 15 is 4.39 Å². The molecule has 2 fully saturated rings. The molecule has 15 nitrogen and oxygen atoms in total. The van der Waals surface area contributed by atoms with Gasteiger partial charge in [-0.05, 0) is 23.8 Å². The molecule has 0 saturated carbocycles. The fraction of sp³-hybridized carbons (Fsp3) is 0.481. The van der Waals surface area contributed by atoms with Gasteiger partial charge in [-0.15, -0.1) is 0 Å². The number of methoxy groups -OCH3 is 1. The summed E-state index contributed by atoms with van der Waals surface area (Å²) in [7, 11) is -2.27. The van der Waals surface area contributed by atoms with Crippen molar-refractivity contribution in [3.63, 3.8) is 0 Å². The van der Waals surface area contributed by atoms with Gasteiger partial charge in [-0.2, -0.15) is 0 Å². The number of carbonyl (C=O) groups is 1. The molecule has 2 aliphatic heterocycles. The Balaban J connectivity index is 1.42. The molecule has 238 valence electrons.